The van der Waals surface area contributed by atoms with Crippen LogP contribution in [0.3, 0.4) is 0 Å². The van der Waals surface area contributed by atoms with Crippen molar-refractivity contribution in [3.63, 3.8) is 0 Å². The van der Waals surface area contributed by atoms with Gasteiger partial charge in [-0.2, -0.15) is 0 Å². The van der Waals surface area contributed by atoms with Crippen molar-refractivity contribution in [3.05, 3.63) is 53.7 Å². The maximum absolute atomic E-state index is 5.67. The van der Waals surface area contributed by atoms with Crippen LogP contribution >= 0.6 is 24.0 Å². The van der Waals surface area contributed by atoms with Crippen molar-refractivity contribution in [2.24, 2.45) is 10.9 Å². The van der Waals surface area contributed by atoms with Crippen LogP contribution in [0.15, 0.2) is 47.6 Å². The number of ether oxygens (including phenoxy) is 2. The van der Waals surface area contributed by atoms with E-state index in [1.807, 2.05) is 49.5 Å². The molecule has 152 valence electrons. The molecule has 0 radical (unpaired) electrons. The predicted molar refractivity (Wildman–Crippen MR) is 123 cm³/mol. The number of para-hydroxylation sites is 1. The number of hydrogen-bond acceptors (Lipinski definition) is 4. The summed E-state index contributed by atoms with van der Waals surface area (Å²) >= 11 is 0. The lowest BCUT2D eigenvalue weighted by atomic mass is 10.2. The maximum atomic E-state index is 5.67. The van der Waals surface area contributed by atoms with Crippen molar-refractivity contribution in [2.45, 2.75) is 32.9 Å². The van der Waals surface area contributed by atoms with E-state index >= 15 is 0 Å². The summed E-state index contributed by atoms with van der Waals surface area (Å²) in [5, 5.41) is 6.61. The zero-order valence-electron chi connectivity index (χ0n) is 16.5. The second kappa shape index (κ2) is 11.7. The Bertz CT molecular complexity index is 748. The average Bonchev–Trinajstić information content (AvgIpc) is 3.54. The molecule has 0 atom stereocenters. The Labute approximate surface area is 184 Å². The van der Waals surface area contributed by atoms with Gasteiger partial charge in [-0.05, 0) is 37.3 Å². The fourth-order valence-electron chi connectivity index (χ4n) is 2.62. The Morgan fingerprint density at radius 1 is 1.18 bits per heavy atom. The van der Waals surface area contributed by atoms with Gasteiger partial charge in [-0.15, -0.1) is 24.0 Å². The fraction of sp³-hybridized carbons (Fsp3) is 0.429. The van der Waals surface area contributed by atoms with E-state index in [1.54, 1.807) is 7.11 Å². The van der Waals surface area contributed by atoms with Gasteiger partial charge in [-0.25, -0.2) is 9.98 Å². The first-order valence-corrected chi connectivity index (χ1v) is 9.50. The number of rotatable bonds is 9. The molecule has 1 heterocycles. The summed E-state index contributed by atoms with van der Waals surface area (Å²) in [6, 6.07) is 11.9. The van der Waals surface area contributed by atoms with Crippen LogP contribution in [0.4, 0.5) is 0 Å². The second-order valence-corrected chi connectivity index (χ2v) is 6.62. The van der Waals surface area contributed by atoms with Crippen molar-refractivity contribution >= 4 is 29.9 Å². The fourth-order valence-corrected chi connectivity index (χ4v) is 2.62. The second-order valence-electron chi connectivity index (χ2n) is 6.62. The number of hydrogen-bond donors (Lipinski definition) is 2. The largest absolute Gasteiger partial charge is 0.496 e. The van der Waals surface area contributed by atoms with Gasteiger partial charge in [-0.3, -0.25) is 0 Å². The van der Waals surface area contributed by atoms with Crippen LogP contribution in [0.25, 0.3) is 0 Å². The Morgan fingerprint density at radius 3 is 2.68 bits per heavy atom. The third-order valence-electron chi connectivity index (χ3n) is 4.36. The van der Waals surface area contributed by atoms with E-state index in [-0.39, 0.29) is 24.0 Å². The molecule has 0 saturated heterocycles. The lowest BCUT2D eigenvalue weighted by Gasteiger charge is -2.13. The zero-order chi connectivity index (χ0) is 18.9. The highest BCUT2D eigenvalue weighted by atomic mass is 127. The first kappa shape index (κ1) is 22.3. The Hall–Kier alpha value is -2.03. The minimum absolute atomic E-state index is 0. The summed E-state index contributed by atoms with van der Waals surface area (Å²) in [6.45, 7) is 4.82. The first-order valence-electron chi connectivity index (χ1n) is 9.50. The van der Waals surface area contributed by atoms with Gasteiger partial charge in [0, 0.05) is 30.9 Å². The number of halogens is 1. The first-order chi connectivity index (χ1) is 13.3. The molecule has 28 heavy (non-hydrogen) atoms. The molecule has 1 saturated carbocycles. The smallest absolute Gasteiger partial charge is 0.213 e. The standard InChI is InChI=1S/C21H28N4O2.HI/c1-3-22-21(25-14-18-6-4-5-7-19(18)26-2)24-13-17-10-11-20(23-12-17)27-15-16-8-9-16;/h4-7,10-12,16H,3,8-9,13-15H2,1-2H3,(H2,22,24,25);1H. The maximum Gasteiger partial charge on any atom is 0.213 e. The van der Waals surface area contributed by atoms with Crippen LogP contribution in [0.5, 0.6) is 11.6 Å². The lowest BCUT2D eigenvalue weighted by Crippen LogP contribution is -2.36. The molecule has 1 aliphatic carbocycles. The number of nitrogens with one attached hydrogen (secondary N) is 2. The monoisotopic (exact) mass is 496 g/mol. The zero-order valence-corrected chi connectivity index (χ0v) is 18.8. The molecule has 0 unspecified atom stereocenters. The number of aliphatic imine (C=N–C) groups is 1. The van der Waals surface area contributed by atoms with Gasteiger partial charge in [0.1, 0.15) is 5.75 Å². The molecule has 2 aromatic rings. The van der Waals surface area contributed by atoms with E-state index in [9.17, 15) is 0 Å². The topological polar surface area (TPSA) is 67.8 Å². The van der Waals surface area contributed by atoms with Crippen molar-refractivity contribution in [3.8, 4) is 11.6 Å². The van der Waals surface area contributed by atoms with E-state index in [1.165, 1.54) is 12.8 Å². The normalized spacial score (nSPS) is 13.4. The minimum atomic E-state index is 0. The number of methoxy groups -OCH3 is 1. The molecule has 3 rings (SSSR count). The number of pyridine rings is 1. The summed E-state index contributed by atoms with van der Waals surface area (Å²) in [5.74, 6) is 3.05. The Kier molecular flexibility index (Phi) is 9.33. The van der Waals surface area contributed by atoms with Crippen molar-refractivity contribution in [2.75, 3.05) is 20.3 Å². The molecule has 0 aliphatic heterocycles. The van der Waals surface area contributed by atoms with Crippen LogP contribution in [0.2, 0.25) is 0 Å². The molecular formula is C21H29IN4O2. The number of guanidine groups is 1. The highest BCUT2D eigenvalue weighted by molar-refractivity contribution is 14.0. The SMILES string of the molecule is CCNC(=NCc1ccc(OCC2CC2)nc1)NCc1ccccc1OC.I. The average molecular weight is 496 g/mol. The highest BCUT2D eigenvalue weighted by Gasteiger charge is 2.22. The molecule has 0 bridgehead atoms. The van der Waals surface area contributed by atoms with Crippen LogP contribution < -0.4 is 20.1 Å². The predicted octanol–water partition coefficient (Wildman–Crippen LogP) is 3.75. The summed E-state index contributed by atoms with van der Waals surface area (Å²) < 4.78 is 11.1. The van der Waals surface area contributed by atoms with E-state index in [0.29, 0.717) is 19.0 Å². The van der Waals surface area contributed by atoms with Gasteiger partial charge in [0.05, 0.1) is 20.3 Å². The van der Waals surface area contributed by atoms with E-state index in [4.69, 9.17) is 9.47 Å². The van der Waals surface area contributed by atoms with Crippen LogP contribution in [-0.4, -0.2) is 31.2 Å². The summed E-state index contributed by atoms with van der Waals surface area (Å²) in [5.41, 5.74) is 2.13. The van der Waals surface area contributed by atoms with E-state index < -0.39 is 0 Å². The lowest BCUT2D eigenvalue weighted by molar-refractivity contribution is 0.288. The van der Waals surface area contributed by atoms with Crippen molar-refractivity contribution in [1.82, 2.24) is 15.6 Å². The Balaban J connectivity index is 0.00000280. The molecule has 1 aromatic carbocycles. The Morgan fingerprint density at radius 2 is 2.00 bits per heavy atom. The van der Waals surface area contributed by atoms with Crippen LogP contribution in [-0.2, 0) is 13.1 Å². The minimum Gasteiger partial charge on any atom is -0.496 e. The number of nitrogens with zero attached hydrogens (tertiary/aromatic N) is 2. The number of aromatic nitrogens is 1. The van der Waals surface area contributed by atoms with Crippen molar-refractivity contribution in [1.29, 1.82) is 0 Å². The van der Waals surface area contributed by atoms with Gasteiger partial charge < -0.3 is 20.1 Å². The molecular weight excluding hydrogens is 467 g/mol. The third kappa shape index (κ3) is 7.18. The molecule has 1 aliphatic rings. The van der Waals surface area contributed by atoms with Gasteiger partial charge >= 0.3 is 0 Å². The number of benzene rings is 1. The van der Waals surface area contributed by atoms with Crippen molar-refractivity contribution < 1.29 is 9.47 Å². The molecule has 1 fully saturated rings. The molecule has 2 N–H and O–H groups in total. The van der Waals surface area contributed by atoms with E-state index in [2.05, 4.69) is 20.6 Å². The van der Waals surface area contributed by atoms with E-state index in [0.717, 1.165) is 41.9 Å². The third-order valence-corrected chi connectivity index (χ3v) is 4.36. The van der Waals surface area contributed by atoms with Crippen LogP contribution in [0, 0.1) is 5.92 Å². The molecule has 0 amide bonds. The molecule has 1 aromatic heterocycles. The summed E-state index contributed by atoms with van der Waals surface area (Å²) in [7, 11) is 1.68. The van der Waals surface area contributed by atoms with Crippen LogP contribution in [0.1, 0.15) is 30.9 Å². The molecule has 7 heteroatoms. The summed E-state index contributed by atoms with van der Waals surface area (Å²) in [6.07, 6.45) is 4.39. The van der Waals surface area contributed by atoms with Gasteiger partial charge in [0.25, 0.3) is 0 Å². The highest BCUT2D eigenvalue weighted by Crippen LogP contribution is 2.29. The van der Waals surface area contributed by atoms with Gasteiger partial charge in [-0.1, -0.05) is 24.3 Å². The summed E-state index contributed by atoms with van der Waals surface area (Å²) in [4.78, 5) is 9.01. The molecule has 0 spiro atoms. The van der Waals surface area contributed by atoms with Gasteiger partial charge in [0.2, 0.25) is 5.88 Å². The quantitative estimate of drug-likeness (QED) is 0.315. The van der Waals surface area contributed by atoms with Gasteiger partial charge in [0.15, 0.2) is 5.96 Å². The molecule has 6 nitrogen and oxygen atoms in total.